The van der Waals surface area contributed by atoms with Crippen LogP contribution in [0, 0.1) is 10.1 Å². The number of amides is 1. The Labute approximate surface area is 141 Å². The van der Waals surface area contributed by atoms with Gasteiger partial charge in [-0.25, -0.2) is 4.98 Å². The quantitative estimate of drug-likeness (QED) is 0.554. The van der Waals surface area contributed by atoms with Crippen molar-refractivity contribution in [1.82, 2.24) is 9.97 Å². The summed E-state index contributed by atoms with van der Waals surface area (Å²) in [6.07, 6.45) is 3.33. The van der Waals surface area contributed by atoms with Gasteiger partial charge in [-0.05, 0) is 18.2 Å². The first-order valence-corrected chi connectivity index (χ1v) is 7.27. The number of non-ortho nitro benzene ring substituents is 1. The van der Waals surface area contributed by atoms with Crippen molar-refractivity contribution in [2.45, 2.75) is 0 Å². The molecule has 7 nitrogen and oxygen atoms in total. The highest BCUT2D eigenvalue weighted by Crippen LogP contribution is 2.24. The number of nitro benzene ring substituents is 1. The Morgan fingerprint density at radius 2 is 2.08 bits per heavy atom. The van der Waals surface area contributed by atoms with Crippen LogP contribution in [0.5, 0.6) is 0 Å². The first-order chi connectivity index (χ1) is 11.5. The van der Waals surface area contributed by atoms with Crippen LogP contribution in [0.3, 0.4) is 0 Å². The fraction of sp³-hybridized carbons (Fsp3) is 0. The lowest BCUT2D eigenvalue weighted by atomic mass is 10.1. The Bertz CT molecular complexity index is 909. The number of anilines is 1. The van der Waals surface area contributed by atoms with Gasteiger partial charge in [0.25, 0.3) is 11.6 Å². The zero-order chi connectivity index (χ0) is 17.1. The second kappa shape index (κ2) is 6.51. The van der Waals surface area contributed by atoms with E-state index in [9.17, 15) is 14.9 Å². The van der Waals surface area contributed by atoms with Crippen LogP contribution in [0.2, 0.25) is 5.02 Å². The maximum atomic E-state index is 12.4. The van der Waals surface area contributed by atoms with E-state index in [-0.39, 0.29) is 16.3 Å². The second-order valence-electron chi connectivity index (χ2n) is 4.89. The van der Waals surface area contributed by atoms with Gasteiger partial charge < -0.3 is 10.3 Å². The molecule has 0 fully saturated rings. The summed E-state index contributed by atoms with van der Waals surface area (Å²) in [7, 11) is 0. The van der Waals surface area contributed by atoms with E-state index in [1.54, 1.807) is 30.6 Å². The summed E-state index contributed by atoms with van der Waals surface area (Å²) in [5.41, 5.74) is 1.16. The van der Waals surface area contributed by atoms with Gasteiger partial charge >= 0.3 is 0 Å². The predicted molar refractivity (Wildman–Crippen MR) is 90.1 cm³/mol. The van der Waals surface area contributed by atoms with Gasteiger partial charge in [-0.3, -0.25) is 14.9 Å². The molecule has 0 aliphatic heterocycles. The van der Waals surface area contributed by atoms with Crippen molar-refractivity contribution < 1.29 is 9.72 Å². The lowest BCUT2D eigenvalue weighted by Gasteiger charge is -2.08. The molecule has 8 heteroatoms. The van der Waals surface area contributed by atoms with Gasteiger partial charge in [0.15, 0.2) is 0 Å². The van der Waals surface area contributed by atoms with Crippen LogP contribution in [0.25, 0.3) is 11.4 Å². The molecule has 24 heavy (non-hydrogen) atoms. The van der Waals surface area contributed by atoms with E-state index in [1.165, 1.54) is 12.1 Å². The number of nitrogens with one attached hydrogen (secondary N) is 2. The van der Waals surface area contributed by atoms with Gasteiger partial charge in [0.2, 0.25) is 0 Å². The van der Waals surface area contributed by atoms with E-state index in [0.29, 0.717) is 11.5 Å². The summed E-state index contributed by atoms with van der Waals surface area (Å²) in [6, 6.07) is 10.8. The van der Waals surface area contributed by atoms with E-state index in [1.807, 2.05) is 6.07 Å². The highest BCUT2D eigenvalue weighted by molar-refractivity contribution is 6.34. The van der Waals surface area contributed by atoms with Crippen molar-refractivity contribution in [2.75, 3.05) is 5.32 Å². The highest BCUT2D eigenvalue weighted by Gasteiger charge is 2.16. The lowest BCUT2D eigenvalue weighted by Crippen LogP contribution is -2.12. The van der Waals surface area contributed by atoms with Gasteiger partial charge in [0.1, 0.15) is 5.82 Å². The molecule has 0 saturated heterocycles. The number of carbonyl (C=O) groups excluding carboxylic acids is 1. The Balaban J connectivity index is 1.87. The third kappa shape index (κ3) is 3.26. The van der Waals surface area contributed by atoms with Crippen molar-refractivity contribution in [2.24, 2.45) is 0 Å². The molecule has 2 aromatic carbocycles. The Morgan fingerprint density at radius 1 is 1.25 bits per heavy atom. The number of hydrogen-bond acceptors (Lipinski definition) is 4. The third-order valence-corrected chi connectivity index (χ3v) is 3.63. The summed E-state index contributed by atoms with van der Waals surface area (Å²) in [5.74, 6) is 0.139. The molecule has 0 atom stereocenters. The van der Waals surface area contributed by atoms with Crippen molar-refractivity contribution in [3.8, 4) is 11.4 Å². The molecule has 2 N–H and O–H groups in total. The van der Waals surface area contributed by atoms with Crippen molar-refractivity contribution in [1.29, 1.82) is 0 Å². The number of rotatable bonds is 4. The SMILES string of the molecule is O=C(Nc1cccc(-c2ncc[nH]2)c1)c1cc([N+](=O)[O-])ccc1Cl. The van der Waals surface area contributed by atoms with Crippen LogP contribution in [0.4, 0.5) is 11.4 Å². The average molecular weight is 343 g/mol. The van der Waals surface area contributed by atoms with Crippen LogP contribution >= 0.6 is 11.6 Å². The minimum Gasteiger partial charge on any atom is -0.345 e. The molecule has 1 heterocycles. The van der Waals surface area contributed by atoms with Gasteiger partial charge in [-0.2, -0.15) is 0 Å². The number of H-pyrrole nitrogens is 1. The predicted octanol–water partition coefficient (Wildman–Crippen LogP) is 3.89. The number of carbonyl (C=O) groups is 1. The molecule has 0 aliphatic rings. The maximum Gasteiger partial charge on any atom is 0.270 e. The monoisotopic (exact) mass is 342 g/mol. The van der Waals surface area contributed by atoms with Crippen LogP contribution in [0.15, 0.2) is 54.9 Å². The lowest BCUT2D eigenvalue weighted by molar-refractivity contribution is -0.384. The second-order valence-corrected chi connectivity index (χ2v) is 5.30. The molecule has 120 valence electrons. The molecule has 3 aromatic rings. The number of imidazole rings is 1. The highest BCUT2D eigenvalue weighted by atomic mass is 35.5. The summed E-state index contributed by atoms with van der Waals surface area (Å²) in [6.45, 7) is 0. The molecule has 0 radical (unpaired) electrons. The first-order valence-electron chi connectivity index (χ1n) is 6.90. The van der Waals surface area contributed by atoms with E-state index >= 15 is 0 Å². The first kappa shape index (κ1) is 15.7. The fourth-order valence-corrected chi connectivity index (χ4v) is 2.37. The number of aromatic nitrogens is 2. The average Bonchev–Trinajstić information content (AvgIpc) is 3.09. The molecule has 1 amide bonds. The molecular formula is C16H11ClN4O3. The van der Waals surface area contributed by atoms with E-state index in [2.05, 4.69) is 15.3 Å². The van der Waals surface area contributed by atoms with Crippen LogP contribution in [-0.2, 0) is 0 Å². The molecular weight excluding hydrogens is 332 g/mol. The number of aromatic amines is 1. The smallest absolute Gasteiger partial charge is 0.270 e. The van der Waals surface area contributed by atoms with Crippen molar-refractivity contribution >= 4 is 28.9 Å². The minimum atomic E-state index is -0.579. The molecule has 0 unspecified atom stereocenters. The van der Waals surface area contributed by atoms with Crippen molar-refractivity contribution in [3.05, 3.63) is 75.6 Å². The maximum absolute atomic E-state index is 12.4. The fourth-order valence-electron chi connectivity index (χ4n) is 2.17. The number of halogens is 1. The minimum absolute atomic E-state index is 0.0364. The summed E-state index contributed by atoms with van der Waals surface area (Å²) < 4.78 is 0. The van der Waals surface area contributed by atoms with Gasteiger partial charge in [0, 0.05) is 35.8 Å². The summed E-state index contributed by atoms with van der Waals surface area (Å²) in [4.78, 5) is 29.7. The molecule has 0 aliphatic carbocycles. The zero-order valence-electron chi connectivity index (χ0n) is 12.2. The number of nitrogens with zero attached hydrogens (tertiary/aromatic N) is 2. The van der Waals surface area contributed by atoms with Gasteiger partial charge in [-0.15, -0.1) is 0 Å². The van der Waals surface area contributed by atoms with Crippen molar-refractivity contribution in [3.63, 3.8) is 0 Å². The summed E-state index contributed by atoms with van der Waals surface area (Å²) >= 11 is 5.98. The normalized spacial score (nSPS) is 10.4. The molecule has 0 saturated carbocycles. The molecule has 3 rings (SSSR count). The van der Waals surface area contributed by atoms with Crippen LogP contribution in [0.1, 0.15) is 10.4 Å². The van der Waals surface area contributed by atoms with Gasteiger partial charge in [-0.1, -0.05) is 23.7 Å². The topological polar surface area (TPSA) is 101 Å². The van der Waals surface area contributed by atoms with Gasteiger partial charge in [0.05, 0.1) is 15.5 Å². The van der Waals surface area contributed by atoms with Crippen LogP contribution < -0.4 is 5.32 Å². The van der Waals surface area contributed by atoms with E-state index in [0.717, 1.165) is 11.6 Å². The Kier molecular flexibility index (Phi) is 4.26. The zero-order valence-corrected chi connectivity index (χ0v) is 12.9. The molecule has 0 spiro atoms. The number of benzene rings is 2. The Morgan fingerprint density at radius 3 is 2.79 bits per heavy atom. The third-order valence-electron chi connectivity index (χ3n) is 3.30. The van der Waals surface area contributed by atoms with Crippen LogP contribution in [-0.4, -0.2) is 20.8 Å². The van der Waals surface area contributed by atoms with E-state index in [4.69, 9.17) is 11.6 Å². The Hall–Kier alpha value is -3.19. The number of nitro groups is 1. The molecule has 0 bridgehead atoms. The summed E-state index contributed by atoms with van der Waals surface area (Å²) in [5, 5.41) is 13.7. The standard InChI is InChI=1S/C16H11ClN4O3/c17-14-5-4-12(21(23)24)9-13(14)16(22)20-11-3-1-2-10(8-11)15-18-6-7-19-15/h1-9H,(H,18,19)(H,20,22). The molecule has 1 aromatic heterocycles. The largest absolute Gasteiger partial charge is 0.345 e. The van der Waals surface area contributed by atoms with E-state index < -0.39 is 10.8 Å². The number of hydrogen-bond donors (Lipinski definition) is 2.